The molecule has 2 atom stereocenters. The Balaban J connectivity index is 0.00000215. The zero-order chi connectivity index (χ0) is 28.4. The molecule has 0 saturated carbocycles. The van der Waals surface area contributed by atoms with E-state index in [0.29, 0.717) is 31.7 Å². The summed E-state index contributed by atoms with van der Waals surface area (Å²) in [5.74, 6) is 0.425. The Morgan fingerprint density at radius 2 is 1.70 bits per heavy atom. The van der Waals surface area contributed by atoms with Crippen molar-refractivity contribution in [2.75, 3.05) is 17.6 Å². The summed E-state index contributed by atoms with van der Waals surface area (Å²) in [5.41, 5.74) is 13.2. The van der Waals surface area contributed by atoms with Crippen LogP contribution in [0.2, 0.25) is 0 Å². The van der Waals surface area contributed by atoms with Crippen molar-refractivity contribution < 1.29 is 4.79 Å². The first-order chi connectivity index (χ1) is 19.2. The average molecular weight is 647 g/mol. The number of nitrogens with one attached hydrogen (secondary N) is 2. The summed E-state index contributed by atoms with van der Waals surface area (Å²) in [7, 11) is 0. The number of nitrogen functional groups attached to an aromatic ring is 1. The predicted molar refractivity (Wildman–Crippen MR) is 178 cm³/mol. The third-order valence-electron chi connectivity index (χ3n) is 7.61. The molecule has 9 nitrogen and oxygen atoms in total. The molecule has 1 amide bonds. The Hall–Kier alpha value is -3.66. The molecule has 5 rings (SSSR count). The lowest BCUT2D eigenvalue weighted by molar-refractivity contribution is -0.124. The van der Waals surface area contributed by atoms with Crippen LogP contribution < -0.4 is 21.9 Å². The SMILES string of the molecule is Cc1ccc([C@@H](CNc2ncc3n(c2=O)[C@H](C(=O)NCc2cc(C)c(N)nc2C)CC3)c2ccc(C)cn2)cc1.Cl.Cl.Cl. The maximum absolute atomic E-state index is 13.6. The molecule has 4 N–H and O–H groups in total. The molecule has 230 valence electrons. The monoisotopic (exact) mass is 645 g/mol. The lowest BCUT2D eigenvalue weighted by atomic mass is 9.94. The average Bonchev–Trinajstić information content (AvgIpc) is 3.38. The predicted octanol–water partition coefficient (Wildman–Crippen LogP) is 5.16. The summed E-state index contributed by atoms with van der Waals surface area (Å²) in [5, 5.41) is 6.26. The molecule has 0 spiro atoms. The molecule has 0 aliphatic carbocycles. The highest BCUT2D eigenvalue weighted by molar-refractivity contribution is 5.86. The summed E-state index contributed by atoms with van der Waals surface area (Å²) < 4.78 is 1.58. The highest BCUT2D eigenvalue weighted by Crippen LogP contribution is 2.26. The maximum atomic E-state index is 13.6. The van der Waals surface area contributed by atoms with Crippen molar-refractivity contribution in [3.63, 3.8) is 0 Å². The lowest BCUT2D eigenvalue weighted by Crippen LogP contribution is -2.36. The van der Waals surface area contributed by atoms with Gasteiger partial charge in [0.2, 0.25) is 5.91 Å². The van der Waals surface area contributed by atoms with E-state index >= 15 is 0 Å². The van der Waals surface area contributed by atoms with Crippen LogP contribution in [0, 0.1) is 27.7 Å². The van der Waals surface area contributed by atoms with Crippen molar-refractivity contribution in [1.29, 1.82) is 0 Å². The number of fused-ring (bicyclic) bond motifs is 1. The Morgan fingerprint density at radius 1 is 1.00 bits per heavy atom. The number of pyridine rings is 2. The van der Waals surface area contributed by atoms with Gasteiger partial charge in [0, 0.05) is 48.5 Å². The van der Waals surface area contributed by atoms with Crippen molar-refractivity contribution in [3.8, 4) is 0 Å². The van der Waals surface area contributed by atoms with Crippen molar-refractivity contribution in [1.82, 2.24) is 24.8 Å². The van der Waals surface area contributed by atoms with Gasteiger partial charge in [-0.1, -0.05) is 35.9 Å². The fourth-order valence-electron chi connectivity index (χ4n) is 5.15. The number of nitrogens with two attached hydrogens (primary N) is 1. The molecule has 1 aliphatic rings. The number of hydrogen-bond donors (Lipinski definition) is 3. The van der Waals surface area contributed by atoms with E-state index in [2.05, 4.69) is 56.8 Å². The van der Waals surface area contributed by atoms with E-state index in [0.717, 1.165) is 39.3 Å². The van der Waals surface area contributed by atoms with Gasteiger partial charge in [-0.05, 0) is 74.9 Å². The fourth-order valence-corrected chi connectivity index (χ4v) is 5.15. The molecule has 0 fully saturated rings. The number of rotatable bonds is 8. The van der Waals surface area contributed by atoms with Crippen molar-refractivity contribution >= 4 is 54.8 Å². The first kappa shape index (κ1) is 35.5. The Kier molecular flexibility index (Phi) is 12.5. The quantitative estimate of drug-likeness (QED) is 0.241. The minimum absolute atomic E-state index is 0. The van der Waals surface area contributed by atoms with Gasteiger partial charge >= 0.3 is 0 Å². The van der Waals surface area contributed by atoms with E-state index in [9.17, 15) is 9.59 Å². The van der Waals surface area contributed by atoms with E-state index in [1.165, 1.54) is 5.56 Å². The second kappa shape index (κ2) is 15.2. The van der Waals surface area contributed by atoms with Crippen molar-refractivity contribution in [2.24, 2.45) is 0 Å². The number of carbonyl (C=O) groups excluding carboxylic acids is 1. The molecule has 1 aliphatic heterocycles. The van der Waals surface area contributed by atoms with Crippen LogP contribution in [0.25, 0.3) is 0 Å². The first-order valence-corrected chi connectivity index (χ1v) is 13.5. The van der Waals surface area contributed by atoms with E-state index in [1.54, 1.807) is 10.8 Å². The van der Waals surface area contributed by atoms with Crippen LogP contribution in [0.3, 0.4) is 0 Å². The van der Waals surface area contributed by atoms with Gasteiger partial charge in [-0.3, -0.25) is 19.1 Å². The number of benzene rings is 1. The van der Waals surface area contributed by atoms with Gasteiger partial charge < -0.3 is 16.4 Å². The number of hydrogen-bond acceptors (Lipinski definition) is 7. The van der Waals surface area contributed by atoms with E-state index in [-0.39, 0.29) is 60.4 Å². The van der Waals surface area contributed by atoms with Crippen LogP contribution in [-0.2, 0) is 17.8 Å². The van der Waals surface area contributed by atoms with Crippen LogP contribution in [0.4, 0.5) is 11.6 Å². The molecule has 1 aromatic carbocycles. The van der Waals surface area contributed by atoms with E-state index in [4.69, 9.17) is 5.73 Å². The molecule has 12 heteroatoms. The number of aryl methyl sites for hydroxylation is 5. The first-order valence-electron chi connectivity index (χ1n) is 13.5. The minimum atomic E-state index is -0.596. The molecule has 43 heavy (non-hydrogen) atoms. The smallest absolute Gasteiger partial charge is 0.294 e. The van der Waals surface area contributed by atoms with Crippen LogP contribution in [0.1, 0.15) is 63.3 Å². The molecule has 0 saturated heterocycles. The van der Waals surface area contributed by atoms with Gasteiger partial charge in [0.05, 0.1) is 0 Å². The topological polar surface area (TPSA) is 128 Å². The van der Waals surface area contributed by atoms with Crippen LogP contribution >= 0.6 is 37.2 Å². The van der Waals surface area contributed by atoms with Gasteiger partial charge in [-0.25, -0.2) is 9.97 Å². The Bertz CT molecular complexity index is 1560. The van der Waals surface area contributed by atoms with Crippen LogP contribution in [0.15, 0.2) is 59.7 Å². The van der Waals surface area contributed by atoms with Crippen molar-refractivity contribution in [2.45, 2.75) is 59.0 Å². The van der Waals surface area contributed by atoms with Gasteiger partial charge in [0.15, 0.2) is 5.82 Å². The minimum Gasteiger partial charge on any atom is -0.383 e. The summed E-state index contributed by atoms with van der Waals surface area (Å²) in [6.07, 6.45) is 4.70. The number of nitrogens with zero attached hydrogens (tertiary/aromatic N) is 4. The zero-order valence-electron chi connectivity index (χ0n) is 24.6. The normalized spacial score (nSPS) is 13.9. The fraction of sp³-hybridized carbons (Fsp3) is 0.323. The zero-order valence-corrected chi connectivity index (χ0v) is 27.0. The lowest BCUT2D eigenvalue weighted by Gasteiger charge is -2.20. The van der Waals surface area contributed by atoms with Gasteiger partial charge in [-0.15, -0.1) is 37.2 Å². The molecule has 3 aromatic heterocycles. The van der Waals surface area contributed by atoms with Gasteiger partial charge in [0.25, 0.3) is 5.56 Å². The van der Waals surface area contributed by atoms with E-state index in [1.807, 2.05) is 45.2 Å². The molecule has 0 unspecified atom stereocenters. The number of anilines is 2. The largest absolute Gasteiger partial charge is 0.383 e. The molecule has 4 heterocycles. The van der Waals surface area contributed by atoms with Crippen LogP contribution in [0.5, 0.6) is 0 Å². The molecule has 4 aromatic rings. The second-order valence-corrected chi connectivity index (χ2v) is 10.6. The second-order valence-electron chi connectivity index (χ2n) is 10.6. The van der Waals surface area contributed by atoms with E-state index < -0.39 is 6.04 Å². The Morgan fingerprint density at radius 3 is 2.37 bits per heavy atom. The summed E-state index contributed by atoms with van der Waals surface area (Å²) in [4.78, 5) is 40.3. The highest BCUT2D eigenvalue weighted by Gasteiger charge is 2.31. The Labute approximate surface area is 270 Å². The molecule has 0 radical (unpaired) electrons. The third kappa shape index (κ3) is 7.84. The number of halogens is 3. The standard InChI is InChI=1S/C31H35N7O2.3ClH/c1-18-5-8-22(9-6-18)25(26-11-7-19(2)14-33-26)17-35-29-31(40)38-24(16-34-29)10-12-27(38)30(39)36-15-23-13-20(3)28(32)37-21(23)4;;;/h5-9,11,13-14,16,25,27H,10,12,15,17H2,1-4H3,(H2,32,37)(H,34,35)(H,36,39);3*1H/t25-,27+;;;/m1.../s1. The van der Waals surface area contributed by atoms with Crippen molar-refractivity contribution in [3.05, 3.63) is 110 Å². The summed E-state index contributed by atoms with van der Waals surface area (Å²) in [6, 6.07) is 13.7. The molecular weight excluding hydrogens is 609 g/mol. The number of carbonyl (C=O) groups is 1. The molecular formula is C31H38Cl3N7O2. The maximum Gasteiger partial charge on any atom is 0.294 e. The number of aromatic nitrogens is 4. The van der Waals surface area contributed by atoms with Crippen LogP contribution in [-0.4, -0.2) is 32.0 Å². The summed E-state index contributed by atoms with van der Waals surface area (Å²) >= 11 is 0. The third-order valence-corrected chi connectivity index (χ3v) is 7.61. The molecule has 0 bridgehead atoms. The summed E-state index contributed by atoms with van der Waals surface area (Å²) in [6.45, 7) is 8.56. The number of amides is 1. The highest BCUT2D eigenvalue weighted by atomic mass is 35.5. The van der Waals surface area contributed by atoms with Gasteiger partial charge in [0.1, 0.15) is 11.9 Å². The van der Waals surface area contributed by atoms with Gasteiger partial charge in [-0.2, -0.15) is 0 Å².